The maximum Gasteiger partial charge on any atom is 0.416 e. The topological polar surface area (TPSA) is 188 Å². The first-order valence-electron chi connectivity index (χ1n) is 24.6. The highest BCUT2D eigenvalue weighted by Gasteiger charge is 2.56. The minimum atomic E-state index is -4.57. The minimum absolute atomic E-state index is 0.00935. The van der Waals surface area contributed by atoms with Crippen LogP contribution in [0.5, 0.6) is 0 Å². The molecule has 0 radical (unpaired) electrons. The quantitative estimate of drug-likeness (QED) is 0.121. The van der Waals surface area contributed by atoms with Crippen molar-refractivity contribution in [2.75, 3.05) is 34.5 Å². The molecule has 1 amide bonds. The van der Waals surface area contributed by atoms with Crippen molar-refractivity contribution in [1.82, 2.24) is 4.90 Å². The number of cyclic esters (lactones) is 1. The molecule has 14 nitrogen and oxygen atoms in total. The Hall–Kier alpha value is -3.55. The Bertz CT molecular complexity index is 1980. The number of benzene rings is 1. The van der Waals surface area contributed by atoms with Crippen LogP contribution in [0.2, 0.25) is 0 Å². The van der Waals surface area contributed by atoms with E-state index in [-0.39, 0.29) is 55.6 Å². The van der Waals surface area contributed by atoms with E-state index in [1.165, 1.54) is 33.5 Å². The van der Waals surface area contributed by atoms with Crippen molar-refractivity contribution < 1.29 is 76.1 Å². The van der Waals surface area contributed by atoms with Gasteiger partial charge in [-0.2, -0.15) is 13.2 Å². The number of aliphatic hydroxyl groups excluding tert-OH is 2. The molecule has 3 aliphatic heterocycles. The lowest BCUT2D eigenvalue weighted by Gasteiger charge is -2.47. The maximum absolute atomic E-state index is 14.5. The van der Waals surface area contributed by atoms with Crippen molar-refractivity contribution in [3.8, 4) is 0 Å². The number of carbonyl (C=O) groups is 4. The first kappa shape index (κ1) is 56.4. The van der Waals surface area contributed by atoms with Gasteiger partial charge in [0.1, 0.15) is 30.1 Å². The minimum Gasteiger partial charge on any atom is -0.456 e. The Balaban J connectivity index is 1.43. The monoisotopic (exact) mass is 980 g/mol. The summed E-state index contributed by atoms with van der Waals surface area (Å²) in [4.78, 5) is 58.3. The molecule has 2 bridgehead atoms. The smallest absolute Gasteiger partial charge is 0.416 e. The SMILES string of the molecule is CC[C@@H]1/C=C(\C)C[C@H](C)CC(OC)[C@H]2O[C@@](O)(C(=O)C(=O)N3CCCC[C@H]3C(=O)O[C@H](/C(C)=C/[C@@H]3CC[C@@H](OC[C@H](O)c4cccc(C(F)(F)F)c4)[C@H](OC)C3)[C@H](C)[C@@H](O)CC1=O)[C@H](C)C[C@@H]2OC. The van der Waals surface area contributed by atoms with E-state index in [0.717, 1.165) is 22.6 Å². The summed E-state index contributed by atoms with van der Waals surface area (Å²) in [5.41, 5.74) is 0.727. The standard InChI is InChI=1S/C52H76F3NO13/c1-10-35-21-29(2)20-30(3)22-44(65-8)47-45(66-9)24-32(5)51(63,69-47)48(60)49(61)56-19-12-11-16-38(56)50(62)68-46(33(6)39(57)27-40(35)58)31(4)23-34-17-18-42(43(25-34)64-7)67-28-41(59)36-14-13-15-37(26-36)52(53,54)55/h13-15,21,23,26,30,32-35,38-39,41-47,57,59,63H,10-12,16-20,22,24-25,27-28H2,1-9H3/b29-21+,31-23+/t30-,32+,33+,34-,35+,38-,39-,41-,42+,43+,44?,45-,46+,47+,51+/m0/s1. The van der Waals surface area contributed by atoms with Crippen LogP contribution < -0.4 is 0 Å². The number of allylic oxidation sites excluding steroid dienone is 3. The number of methoxy groups -OCH3 is 3. The van der Waals surface area contributed by atoms with Gasteiger partial charge in [0.05, 0.1) is 42.7 Å². The summed E-state index contributed by atoms with van der Waals surface area (Å²) in [6, 6.07) is 3.26. The molecule has 388 valence electrons. The number of fused-ring (bicyclic) bond motifs is 3. The van der Waals surface area contributed by atoms with Gasteiger partial charge in [0.2, 0.25) is 5.79 Å². The third kappa shape index (κ3) is 13.9. The first-order valence-corrected chi connectivity index (χ1v) is 24.6. The predicted octanol–water partition coefficient (Wildman–Crippen LogP) is 7.25. The fraction of sp³-hybridized carbons (Fsp3) is 0.731. The van der Waals surface area contributed by atoms with Crippen molar-refractivity contribution in [3.63, 3.8) is 0 Å². The van der Waals surface area contributed by atoms with Gasteiger partial charge in [-0.25, -0.2) is 4.79 Å². The molecule has 3 fully saturated rings. The van der Waals surface area contributed by atoms with Gasteiger partial charge in [0, 0.05) is 52.0 Å². The second kappa shape index (κ2) is 24.7. The fourth-order valence-corrected chi connectivity index (χ4v) is 10.8. The molecule has 15 atom stereocenters. The highest BCUT2D eigenvalue weighted by atomic mass is 19.4. The zero-order valence-electron chi connectivity index (χ0n) is 41.7. The number of rotatable bonds is 10. The normalized spacial score (nSPS) is 36.7. The number of hydrogen-bond acceptors (Lipinski definition) is 13. The van der Waals surface area contributed by atoms with E-state index >= 15 is 0 Å². The Kier molecular flexibility index (Phi) is 20.2. The fourth-order valence-electron chi connectivity index (χ4n) is 10.8. The van der Waals surface area contributed by atoms with Gasteiger partial charge in [-0.05, 0) is 113 Å². The highest BCUT2D eigenvalue weighted by Crippen LogP contribution is 2.40. The third-order valence-corrected chi connectivity index (χ3v) is 14.9. The van der Waals surface area contributed by atoms with Gasteiger partial charge in [0.15, 0.2) is 0 Å². The molecule has 4 aliphatic rings. The van der Waals surface area contributed by atoms with Crippen LogP contribution in [0, 0.1) is 29.6 Å². The molecule has 69 heavy (non-hydrogen) atoms. The predicted molar refractivity (Wildman–Crippen MR) is 248 cm³/mol. The first-order chi connectivity index (χ1) is 32.6. The van der Waals surface area contributed by atoms with Crippen LogP contribution in [-0.4, -0.2) is 133 Å². The summed E-state index contributed by atoms with van der Waals surface area (Å²) >= 11 is 0. The number of alkyl halides is 3. The van der Waals surface area contributed by atoms with Gasteiger partial charge in [-0.1, -0.05) is 57.6 Å². The number of amides is 1. The summed E-state index contributed by atoms with van der Waals surface area (Å²) in [6.07, 6.45) is -3.34. The van der Waals surface area contributed by atoms with Crippen molar-refractivity contribution in [2.45, 2.75) is 179 Å². The molecule has 0 spiro atoms. The lowest BCUT2D eigenvalue weighted by Crippen LogP contribution is -2.64. The molecule has 0 aromatic heterocycles. The van der Waals surface area contributed by atoms with Crippen LogP contribution in [0.25, 0.3) is 0 Å². The molecule has 1 saturated carbocycles. The third-order valence-electron chi connectivity index (χ3n) is 14.9. The number of ether oxygens (including phenoxy) is 6. The van der Waals surface area contributed by atoms with Crippen LogP contribution in [0.3, 0.4) is 0 Å². The number of ketones is 2. The molecule has 2 saturated heterocycles. The van der Waals surface area contributed by atoms with Gasteiger partial charge in [-0.3, -0.25) is 14.4 Å². The molecule has 1 unspecified atom stereocenters. The maximum atomic E-state index is 14.5. The Morgan fingerprint density at radius 3 is 2.28 bits per heavy atom. The summed E-state index contributed by atoms with van der Waals surface area (Å²) < 4.78 is 76.2. The van der Waals surface area contributed by atoms with E-state index in [0.29, 0.717) is 56.9 Å². The zero-order chi connectivity index (χ0) is 51.0. The van der Waals surface area contributed by atoms with Gasteiger partial charge in [-0.15, -0.1) is 0 Å². The number of aliphatic hydroxyl groups is 3. The van der Waals surface area contributed by atoms with Crippen LogP contribution in [0.15, 0.2) is 47.6 Å². The summed E-state index contributed by atoms with van der Waals surface area (Å²) in [7, 11) is 4.54. The van der Waals surface area contributed by atoms with E-state index in [1.54, 1.807) is 20.8 Å². The van der Waals surface area contributed by atoms with Gasteiger partial charge < -0.3 is 48.6 Å². The van der Waals surface area contributed by atoms with Crippen LogP contribution in [0.4, 0.5) is 13.2 Å². The molecule has 17 heteroatoms. The van der Waals surface area contributed by atoms with E-state index in [9.17, 15) is 47.7 Å². The van der Waals surface area contributed by atoms with Crippen molar-refractivity contribution in [1.29, 1.82) is 0 Å². The van der Waals surface area contributed by atoms with E-state index in [2.05, 4.69) is 0 Å². The molecule has 3 heterocycles. The lowest BCUT2D eigenvalue weighted by molar-refractivity contribution is -0.302. The van der Waals surface area contributed by atoms with Crippen LogP contribution >= 0.6 is 0 Å². The summed E-state index contributed by atoms with van der Waals surface area (Å²) in [5, 5.41) is 34.7. The largest absolute Gasteiger partial charge is 0.456 e. The number of piperidine rings is 1. The molecule has 1 aromatic rings. The number of nitrogens with zero attached hydrogens (tertiary/aromatic N) is 1. The molecule has 1 aromatic carbocycles. The second-order valence-electron chi connectivity index (χ2n) is 20.1. The van der Waals surface area contributed by atoms with Crippen molar-refractivity contribution >= 4 is 23.4 Å². The number of esters is 1. The molecule has 5 rings (SSSR count). The average Bonchev–Trinajstić information content (AvgIpc) is 3.32. The summed E-state index contributed by atoms with van der Waals surface area (Å²) in [5.74, 6) is -8.18. The van der Waals surface area contributed by atoms with Gasteiger partial charge >= 0.3 is 12.1 Å². The van der Waals surface area contributed by atoms with E-state index in [4.69, 9.17) is 28.4 Å². The Labute approximate surface area is 405 Å². The number of halogens is 3. The van der Waals surface area contributed by atoms with Crippen LogP contribution in [-0.2, 0) is 53.8 Å². The number of Topliss-reactive ketones (excluding diaryl/α,β-unsaturated/α-hetero) is 2. The molecular weight excluding hydrogens is 904 g/mol. The Morgan fingerprint density at radius 1 is 0.942 bits per heavy atom. The van der Waals surface area contributed by atoms with Gasteiger partial charge in [0.25, 0.3) is 11.7 Å². The van der Waals surface area contributed by atoms with Crippen molar-refractivity contribution in [2.24, 2.45) is 29.6 Å². The summed E-state index contributed by atoms with van der Waals surface area (Å²) in [6.45, 7) is 10.7. The molecular formula is C52H76F3NO13. The number of hydrogen-bond donors (Lipinski definition) is 3. The second-order valence-corrected chi connectivity index (χ2v) is 20.1. The lowest BCUT2D eigenvalue weighted by atomic mass is 9.81. The Morgan fingerprint density at radius 2 is 1.62 bits per heavy atom. The molecule has 3 N–H and O–H groups in total. The molecule has 1 aliphatic carbocycles. The number of carbonyl (C=O) groups excluding carboxylic acids is 4. The average molecular weight is 980 g/mol. The van der Waals surface area contributed by atoms with E-state index in [1.807, 2.05) is 32.9 Å². The highest BCUT2D eigenvalue weighted by molar-refractivity contribution is 6.39. The van der Waals surface area contributed by atoms with Crippen molar-refractivity contribution in [3.05, 3.63) is 58.7 Å². The zero-order valence-corrected chi connectivity index (χ0v) is 41.7. The van der Waals surface area contributed by atoms with E-state index < -0.39 is 108 Å². The van der Waals surface area contributed by atoms with Crippen LogP contribution in [0.1, 0.15) is 129 Å².